The van der Waals surface area contributed by atoms with Crippen molar-refractivity contribution in [3.05, 3.63) is 99.6 Å². The van der Waals surface area contributed by atoms with E-state index in [2.05, 4.69) is 10.2 Å². The van der Waals surface area contributed by atoms with E-state index in [9.17, 15) is 14.7 Å². The summed E-state index contributed by atoms with van der Waals surface area (Å²) in [5, 5.41) is 20.9. The maximum atomic E-state index is 13.6. The molecule has 42 heavy (non-hydrogen) atoms. The monoisotopic (exact) mass is 621 g/mol. The molecule has 0 radical (unpaired) electrons. The zero-order valence-corrected chi connectivity index (χ0v) is 25.6. The van der Waals surface area contributed by atoms with Gasteiger partial charge >= 0.3 is 5.91 Å². The van der Waals surface area contributed by atoms with Crippen LogP contribution >= 0.6 is 34.7 Å². The van der Waals surface area contributed by atoms with Crippen LogP contribution in [0.2, 0.25) is 5.02 Å². The Bertz CT molecular complexity index is 1640. The van der Waals surface area contributed by atoms with E-state index < -0.39 is 17.7 Å². The number of aliphatic hydroxyl groups is 1. The quantitative estimate of drug-likeness (QED) is 0.0651. The maximum absolute atomic E-state index is 13.6. The summed E-state index contributed by atoms with van der Waals surface area (Å²) in [5.41, 5.74) is 2.99. The molecule has 4 aromatic rings. The molecule has 1 aromatic heterocycles. The number of ketones is 1. The Morgan fingerprint density at radius 3 is 2.36 bits per heavy atom. The molecule has 216 valence electrons. The number of thioether (sulfide) groups is 1. The molecule has 1 unspecified atom stereocenters. The van der Waals surface area contributed by atoms with Gasteiger partial charge in [-0.2, -0.15) is 0 Å². The first-order valence-electron chi connectivity index (χ1n) is 13.3. The number of aromatic nitrogens is 2. The molecule has 1 saturated heterocycles. The molecule has 2 heterocycles. The predicted octanol–water partition coefficient (Wildman–Crippen LogP) is 7.22. The number of Topliss-reactive ketones (excluding diaryl/α,β-unsaturated/α-hetero) is 1. The van der Waals surface area contributed by atoms with E-state index in [0.717, 1.165) is 11.1 Å². The Labute approximate surface area is 257 Å². The first-order chi connectivity index (χ1) is 20.3. The van der Waals surface area contributed by atoms with Gasteiger partial charge in [0.15, 0.2) is 15.8 Å². The molecule has 0 bridgehead atoms. The van der Waals surface area contributed by atoms with Crippen LogP contribution in [-0.2, 0) is 15.3 Å². The van der Waals surface area contributed by atoms with Crippen LogP contribution in [-0.4, -0.2) is 40.2 Å². The van der Waals surface area contributed by atoms with Gasteiger partial charge in [-0.25, -0.2) is 0 Å². The van der Waals surface area contributed by atoms with Crippen molar-refractivity contribution in [2.24, 2.45) is 0 Å². The lowest BCUT2D eigenvalue weighted by molar-refractivity contribution is -0.132. The number of carbonyl (C=O) groups excluding carboxylic acids is 2. The van der Waals surface area contributed by atoms with Crippen molar-refractivity contribution >= 4 is 57.3 Å². The van der Waals surface area contributed by atoms with Crippen molar-refractivity contribution in [2.45, 2.75) is 36.9 Å². The largest absolute Gasteiger partial charge is 0.507 e. The van der Waals surface area contributed by atoms with E-state index in [1.54, 1.807) is 30.3 Å². The van der Waals surface area contributed by atoms with E-state index in [0.29, 0.717) is 51.0 Å². The molecule has 11 heteroatoms. The van der Waals surface area contributed by atoms with Crippen molar-refractivity contribution in [1.82, 2.24) is 10.2 Å². The Balaban J connectivity index is 1.57. The SMILES string of the molecule is CCOc1ccc(C2C(=C(O)c3ccc(C)cc3)C(=O)C(=O)N2c2nnc(SCc3ccc(Cl)cc3)s2)cc1OCC. The zero-order chi connectivity index (χ0) is 29.8. The van der Waals surface area contributed by atoms with Crippen molar-refractivity contribution < 1.29 is 24.2 Å². The summed E-state index contributed by atoms with van der Waals surface area (Å²) >= 11 is 8.66. The maximum Gasteiger partial charge on any atom is 0.301 e. The molecule has 3 aromatic carbocycles. The normalized spacial score (nSPS) is 16.2. The fourth-order valence-electron chi connectivity index (χ4n) is 4.53. The molecular weight excluding hydrogens is 594 g/mol. The second-order valence-corrected chi connectivity index (χ2v) is 12.0. The Morgan fingerprint density at radius 2 is 1.67 bits per heavy atom. The molecule has 1 aliphatic heterocycles. The molecule has 1 N–H and O–H groups in total. The molecule has 0 aliphatic carbocycles. The van der Waals surface area contributed by atoms with E-state index in [1.165, 1.54) is 28.0 Å². The highest BCUT2D eigenvalue weighted by Crippen LogP contribution is 2.45. The van der Waals surface area contributed by atoms with Gasteiger partial charge in [0.05, 0.1) is 24.8 Å². The molecule has 5 rings (SSSR count). The Hall–Kier alpha value is -3.86. The minimum atomic E-state index is -0.969. The summed E-state index contributed by atoms with van der Waals surface area (Å²) in [7, 11) is 0. The number of aliphatic hydroxyl groups excluding tert-OH is 1. The fourth-order valence-corrected chi connectivity index (χ4v) is 6.48. The van der Waals surface area contributed by atoms with E-state index in [1.807, 2.05) is 57.2 Å². The third-order valence-corrected chi connectivity index (χ3v) is 8.91. The number of benzene rings is 3. The number of halogens is 1. The highest BCUT2D eigenvalue weighted by atomic mass is 35.5. The van der Waals surface area contributed by atoms with Crippen molar-refractivity contribution in [3.8, 4) is 11.5 Å². The van der Waals surface area contributed by atoms with Gasteiger partial charge in [-0.05, 0) is 56.2 Å². The summed E-state index contributed by atoms with van der Waals surface area (Å²) in [6.45, 7) is 6.48. The topological polar surface area (TPSA) is 102 Å². The lowest BCUT2D eigenvalue weighted by atomic mass is 9.95. The molecule has 1 fully saturated rings. The number of amides is 1. The first kappa shape index (κ1) is 29.6. The smallest absolute Gasteiger partial charge is 0.301 e. The van der Waals surface area contributed by atoms with Crippen molar-refractivity contribution in [2.75, 3.05) is 18.1 Å². The number of hydrogen-bond acceptors (Lipinski definition) is 9. The molecule has 1 atom stereocenters. The molecular formula is C31H28ClN3O5S2. The first-order valence-corrected chi connectivity index (χ1v) is 15.5. The molecule has 0 saturated carbocycles. The summed E-state index contributed by atoms with van der Waals surface area (Å²) in [6.07, 6.45) is 0. The second kappa shape index (κ2) is 13.0. The van der Waals surface area contributed by atoms with Gasteiger partial charge in [0.2, 0.25) is 5.13 Å². The van der Waals surface area contributed by atoms with Gasteiger partial charge < -0.3 is 14.6 Å². The predicted molar refractivity (Wildman–Crippen MR) is 166 cm³/mol. The minimum absolute atomic E-state index is 0.0407. The van der Waals surface area contributed by atoms with E-state index in [-0.39, 0.29) is 16.5 Å². The number of hydrogen-bond donors (Lipinski definition) is 1. The number of nitrogens with zero attached hydrogens (tertiary/aromatic N) is 3. The van der Waals surface area contributed by atoms with Gasteiger partial charge in [-0.3, -0.25) is 14.5 Å². The van der Waals surface area contributed by atoms with Crippen molar-refractivity contribution in [1.29, 1.82) is 0 Å². The average Bonchev–Trinajstić information content (AvgIpc) is 3.56. The van der Waals surface area contributed by atoms with Gasteiger partial charge in [-0.1, -0.05) is 82.7 Å². The van der Waals surface area contributed by atoms with Crippen LogP contribution in [0.15, 0.2) is 76.6 Å². The van der Waals surface area contributed by atoms with Gasteiger partial charge in [0.25, 0.3) is 5.78 Å². The van der Waals surface area contributed by atoms with Crippen LogP contribution in [0.1, 0.15) is 42.1 Å². The zero-order valence-electron chi connectivity index (χ0n) is 23.2. The minimum Gasteiger partial charge on any atom is -0.507 e. The summed E-state index contributed by atoms with van der Waals surface area (Å²) in [4.78, 5) is 28.4. The fraction of sp³-hybridized carbons (Fsp3) is 0.226. The van der Waals surface area contributed by atoms with Gasteiger partial charge in [0, 0.05) is 16.3 Å². The molecule has 1 aliphatic rings. The third-order valence-electron chi connectivity index (χ3n) is 6.53. The molecule has 1 amide bonds. The van der Waals surface area contributed by atoms with Crippen molar-refractivity contribution in [3.63, 3.8) is 0 Å². The van der Waals surface area contributed by atoms with Gasteiger partial charge in [0.1, 0.15) is 5.76 Å². The van der Waals surface area contributed by atoms with E-state index >= 15 is 0 Å². The number of aryl methyl sites for hydroxylation is 1. The number of anilines is 1. The van der Waals surface area contributed by atoms with Crippen LogP contribution in [0.5, 0.6) is 11.5 Å². The van der Waals surface area contributed by atoms with Crippen LogP contribution in [0, 0.1) is 6.92 Å². The number of rotatable bonds is 10. The summed E-state index contributed by atoms with van der Waals surface area (Å²) in [5.74, 6) is -0.251. The average molecular weight is 622 g/mol. The second-order valence-electron chi connectivity index (χ2n) is 9.37. The number of carbonyl (C=O) groups is 2. The highest BCUT2D eigenvalue weighted by molar-refractivity contribution is 8.00. The van der Waals surface area contributed by atoms with E-state index in [4.69, 9.17) is 21.1 Å². The Morgan fingerprint density at radius 1 is 0.976 bits per heavy atom. The Kier molecular flexibility index (Phi) is 9.15. The molecule has 8 nitrogen and oxygen atoms in total. The number of ether oxygens (including phenoxy) is 2. The van der Waals surface area contributed by atoms with Gasteiger partial charge in [-0.15, -0.1) is 10.2 Å². The molecule has 0 spiro atoms. The van der Waals surface area contributed by atoms with Crippen LogP contribution in [0.4, 0.5) is 5.13 Å². The lowest BCUT2D eigenvalue weighted by Gasteiger charge is -2.23. The third kappa shape index (κ3) is 6.16. The highest BCUT2D eigenvalue weighted by Gasteiger charge is 2.48. The van der Waals surface area contributed by atoms with Crippen LogP contribution < -0.4 is 14.4 Å². The van der Waals surface area contributed by atoms with Crippen LogP contribution in [0.25, 0.3) is 5.76 Å². The summed E-state index contributed by atoms with van der Waals surface area (Å²) < 4.78 is 12.2. The standard InChI is InChI=1S/C31H28ClN3O5S2/c1-4-39-23-15-12-21(16-24(23)40-5-2)26-25(27(36)20-10-6-18(3)7-11-20)28(37)29(38)35(26)30-33-34-31(42-30)41-17-19-8-13-22(32)14-9-19/h6-16,26,36H,4-5,17H2,1-3H3. The lowest BCUT2D eigenvalue weighted by Crippen LogP contribution is -2.29. The van der Waals surface area contributed by atoms with Crippen LogP contribution in [0.3, 0.4) is 0 Å². The summed E-state index contributed by atoms with van der Waals surface area (Å²) in [6, 6.07) is 18.9.